The Morgan fingerprint density at radius 3 is 1.87 bits per heavy atom. The number of fused-ring (bicyclic) bond motifs is 2. The monoisotopic (exact) mass is 995 g/mol. The maximum atomic E-state index is 13.2. The zero-order chi connectivity index (χ0) is 52.1. The zero-order valence-electron chi connectivity index (χ0n) is 40.7. The number of rotatable bonds is 5. The molecule has 0 aromatic heterocycles. The number of aliphatic hydroxyl groups is 10. The molecule has 13 N–H and O–H groups in total. The highest BCUT2D eigenvalue weighted by Crippen LogP contribution is 2.38. The first-order valence-corrected chi connectivity index (χ1v) is 23.9. The van der Waals surface area contributed by atoms with Crippen LogP contribution >= 0.6 is 0 Å². The zero-order valence-corrected chi connectivity index (χ0v) is 40.7. The van der Waals surface area contributed by atoms with E-state index in [9.17, 15) is 65.4 Å². The predicted octanol–water partition coefficient (Wildman–Crippen LogP) is -0.0837. The molecule has 3 aliphatic heterocycles. The van der Waals surface area contributed by atoms with Gasteiger partial charge < -0.3 is 85.8 Å². The van der Waals surface area contributed by atoms with Gasteiger partial charge in [-0.2, -0.15) is 0 Å². The number of cyclic esters (lactones) is 1. The third-order valence-electron chi connectivity index (χ3n) is 12.7. The van der Waals surface area contributed by atoms with Gasteiger partial charge in [-0.25, -0.2) is 0 Å². The van der Waals surface area contributed by atoms with Crippen LogP contribution < -0.4 is 11.1 Å². The van der Waals surface area contributed by atoms with E-state index in [-0.39, 0.29) is 31.6 Å². The molecule has 396 valence electrons. The van der Waals surface area contributed by atoms with Gasteiger partial charge in [-0.15, -0.1) is 0 Å². The summed E-state index contributed by atoms with van der Waals surface area (Å²) >= 11 is 0. The van der Waals surface area contributed by atoms with Crippen molar-refractivity contribution < 1.29 is 89.1 Å². The molecular weight excluding hydrogens is 917 g/mol. The Morgan fingerprint density at radius 2 is 1.29 bits per heavy atom. The van der Waals surface area contributed by atoms with Crippen molar-refractivity contribution in [2.45, 2.75) is 177 Å². The number of esters is 2. The third kappa shape index (κ3) is 19.9. The van der Waals surface area contributed by atoms with E-state index in [0.29, 0.717) is 0 Å². The van der Waals surface area contributed by atoms with Crippen LogP contribution in [0.1, 0.15) is 79.1 Å². The van der Waals surface area contributed by atoms with Crippen LogP contribution in [0.25, 0.3) is 0 Å². The SMILES string of the molecule is COC(=O)[C@H]1[C@@H]2C[C@@H](O[C@@H]3O[C@H](C)[C@@H](O)[C@H](NC(=O)CN)[C@@H]3O)/C=C/C=C/C=C/C=C/C=C/C=C/C=C/[C@H](C)[C@@H](O)[C@@H](C)[C@H](C)OC(=O)C[C@H](O)C[C@H](O)CC[C@@H](O)[C@H](O)C[C@H](O)C[C@](O)(C[C@@H]1O)O2. The van der Waals surface area contributed by atoms with Gasteiger partial charge >= 0.3 is 11.9 Å². The highest BCUT2D eigenvalue weighted by molar-refractivity contribution is 5.78. The third-order valence-corrected chi connectivity index (χ3v) is 12.7. The van der Waals surface area contributed by atoms with Crippen LogP contribution in [0.5, 0.6) is 0 Å². The molecule has 70 heavy (non-hydrogen) atoms. The average Bonchev–Trinajstić information content (AvgIpc) is 3.29. The largest absolute Gasteiger partial charge is 0.469 e. The Labute approximate surface area is 410 Å². The van der Waals surface area contributed by atoms with Crippen molar-refractivity contribution in [3.05, 3.63) is 85.1 Å². The van der Waals surface area contributed by atoms with E-state index in [2.05, 4.69) is 5.32 Å². The van der Waals surface area contributed by atoms with Crippen LogP contribution in [0.15, 0.2) is 85.1 Å². The lowest BCUT2D eigenvalue weighted by atomic mass is 9.82. The van der Waals surface area contributed by atoms with Crippen LogP contribution in [0, 0.1) is 17.8 Å². The van der Waals surface area contributed by atoms with Crippen molar-refractivity contribution in [1.29, 1.82) is 0 Å². The lowest BCUT2D eigenvalue weighted by Crippen LogP contribution is -2.64. The molecule has 2 saturated heterocycles. The average molecular weight is 995 g/mol. The molecule has 3 aliphatic rings. The molecule has 3 heterocycles. The number of nitrogens with one attached hydrogen (secondary N) is 1. The Balaban J connectivity index is 1.92. The van der Waals surface area contributed by atoms with Gasteiger partial charge in [0.15, 0.2) is 12.1 Å². The normalized spacial score (nSPS) is 42.9. The number of amides is 1. The molecule has 0 unspecified atom stereocenters. The summed E-state index contributed by atoms with van der Waals surface area (Å²) in [7, 11) is 1.10. The van der Waals surface area contributed by atoms with Crippen molar-refractivity contribution in [3.63, 3.8) is 0 Å². The van der Waals surface area contributed by atoms with Crippen molar-refractivity contribution in [1.82, 2.24) is 5.32 Å². The van der Waals surface area contributed by atoms with Gasteiger partial charge in [0, 0.05) is 37.5 Å². The molecule has 0 aromatic carbocycles. The van der Waals surface area contributed by atoms with Gasteiger partial charge in [0.2, 0.25) is 5.91 Å². The molecule has 0 aliphatic carbocycles. The topological polar surface area (TPSA) is 338 Å². The predicted molar refractivity (Wildman–Crippen MR) is 254 cm³/mol. The summed E-state index contributed by atoms with van der Waals surface area (Å²) in [5.74, 6) is -6.76. The van der Waals surface area contributed by atoms with E-state index >= 15 is 0 Å². The Kier molecular flexibility index (Phi) is 26.0. The maximum absolute atomic E-state index is 13.2. The van der Waals surface area contributed by atoms with Crippen LogP contribution in [-0.4, -0.2) is 180 Å². The minimum Gasteiger partial charge on any atom is -0.469 e. The Hall–Kier alpha value is -3.97. The molecule has 19 atom stereocenters. The van der Waals surface area contributed by atoms with E-state index in [1.807, 2.05) is 13.0 Å². The van der Waals surface area contributed by atoms with Crippen LogP contribution in [0.2, 0.25) is 0 Å². The fraction of sp³-hybridized carbons (Fsp3) is 0.660. The van der Waals surface area contributed by atoms with E-state index in [1.165, 1.54) is 13.0 Å². The summed E-state index contributed by atoms with van der Waals surface area (Å²) < 4.78 is 28.6. The Morgan fingerprint density at radius 1 is 0.700 bits per heavy atom. The number of hydrogen-bond donors (Lipinski definition) is 12. The number of hydrogen-bond acceptors (Lipinski definition) is 19. The van der Waals surface area contributed by atoms with Gasteiger partial charge in [-0.1, -0.05) is 98.9 Å². The van der Waals surface area contributed by atoms with E-state index in [0.717, 1.165) is 7.11 Å². The van der Waals surface area contributed by atoms with Crippen LogP contribution in [0.4, 0.5) is 0 Å². The summed E-state index contributed by atoms with van der Waals surface area (Å²) in [5, 5.41) is 112. The number of allylic oxidation sites excluding steroid dienone is 12. The second kappa shape index (κ2) is 30.2. The van der Waals surface area contributed by atoms with Crippen molar-refractivity contribution >= 4 is 17.8 Å². The molecular formula is C50H78N2O18. The summed E-state index contributed by atoms with van der Waals surface area (Å²) in [4.78, 5) is 38.0. The first kappa shape index (κ1) is 60.3. The fourth-order valence-corrected chi connectivity index (χ4v) is 8.47. The van der Waals surface area contributed by atoms with Gasteiger partial charge in [0.05, 0.1) is 87.2 Å². The van der Waals surface area contributed by atoms with Crippen LogP contribution in [0.3, 0.4) is 0 Å². The number of nitrogens with two attached hydrogens (primary N) is 1. The minimum atomic E-state index is -2.32. The highest BCUT2D eigenvalue weighted by atomic mass is 16.7. The smallest absolute Gasteiger partial charge is 0.313 e. The summed E-state index contributed by atoms with van der Waals surface area (Å²) in [5.41, 5.74) is 5.46. The molecule has 0 radical (unpaired) electrons. The number of ether oxygens (including phenoxy) is 5. The number of carbonyl (C=O) groups excluding carboxylic acids is 3. The summed E-state index contributed by atoms with van der Waals surface area (Å²) in [6.07, 6.45) is 3.09. The van der Waals surface area contributed by atoms with Gasteiger partial charge in [0.1, 0.15) is 24.2 Å². The number of carbonyl (C=O) groups is 3. The quantitative estimate of drug-likeness (QED) is 0.160. The molecule has 0 aromatic rings. The second-order valence-electron chi connectivity index (χ2n) is 18.5. The molecule has 2 fully saturated rings. The molecule has 2 bridgehead atoms. The van der Waals surface area contributed by atoms with E-state index in [4.69, 9.17) is 29.4 Å². The molecule has 0 spiro atoms. The van der Waals surface area contributed by atoms with Gasteiger partial charge in [0.25, 0.3) is 0 Å². The molecule has 20 heteroatoms. The summed E-state index contributed by atoms with van der Waals surface area (Å²) in [6, 6.07) is -1.26. The van der Waals surface area contributed by atoms with E-state index < -0.39 is 159 Å². The summed E-state index contributed by atoms with van der Waals surface area (Å²) in [6.45, 7) is 6.28. The number of aliphatic hydroxyl groups excluding tert-OH is 9. The van der Waals surface area contributed by atoms with E-state index in [1.54, 1.807) is 86.8 Å². The minimum absolute atomic E-state index is 0.112. The van der Waals surface area contributed by atoms with Crippen molar-refractivity contribution in [3.8, 4) is 0 Å². The molecule has 20 nitrogen and oxygen atoms in total. The Bertz CT molecular complexity index is 1820. The lowest BCUT2D eigenvalue weighted by Gasteiger charge is -2.45. The van der Waals surface area contributed by atoms with Gasteiger partial charge in [-0.05, 0) is 33.1 Å². The lowest BCUT2D eigenvalue weighted by molar-refractivity contribution is -0.309. The van der Waals surface area contributed by atoms with Gasteiger partial charge in [-0.3, -0.25) is 14.4 Å². The molecule has 3 rings (SSSR count). The first-order chi connectivity index (χ1) is 33.1. The number of methoxy groups -OCH3 is 1. The molecule has 0 saturated carbocycles. The standard InChI is InChI=1S/C50H78N2O18/c1-29-18-16-14-12-10-8-6-7-9-11-13-15-17-19-36(69-49-47(63)44(52-41(59)28-51)46(62)32(4)68-49)25-40-43(48(64)66-5)39(58)27-50(65,70-40)26-35(55)23-38(57)37(56)21-20-33(53)22-34(54)24-42(60)67-31(3)30(2)45(29)61/h6-19,29-40,43-47,49,53-58,61-63,65H,20-28,51H2,1-5H3,(H,52,59)/b7-6+,10-8+,11-9+,14-12+,15-13+,18-16+,19-17+/t29-,30-,31-,32+,33+,34+,35-,36-,37+,38+,39-,40-,43+,44-,45+,46+,47-,49-,50+/m0/s1. The van der Waals surface area contributed by atoms with Crippen molar-refractivity contribution in [2.75, 3.05) is 13.7 Å². The maximum Gasteiger partial charge on any atom is 0.313 e. The highest BCUT2D eigenvalue weighted by Gasteiger charge is 2.51. The van der Waals surface area contributed by atoms with Crippen molar-refractivity contribution in [2.24, 2.45) is 23.5 Å². The van der Waals surface area contributed by atoms with Crippen LogP contribution in [-0.2, 0) is 38.1 Å². The second-order valence-corrected chi connectivity index (χ2v) is 18.5. The molecule has 1 amide bonds. The fourth-order valence-electron chi connectivity index (χ4n) is 8.47. The first-order valence-electron chi connectivity index (χ1n) is 23.9.